The molecule has 2 nitrogen and oxygen atoms in total. The van der Waals surface area contributed by atoms with Crippen molar-refractivity contribution >= 4 is 10.8 Å². The second kappa shape index (κ2) is 4.18. The minimum absolute atomic E-state index is 0.163. The summed E-state index contributed by atoms with van der Waals surface area (Å²) in [7, 11) is 0. The molecule has 1 N–H and O–H groups in total. The van der Waals surface area contributed by atoms with Crippen molar-refractivity contribution in [2.24, 2.45) is 0 Å². The Morgan fingerprint density at radius 1 is 1.19 bits per heavy atom. The van der Waals surface area contributed by atoms with Crippen LogP contribution in [0.4, 0.5) is 0 Å². The molecule has 0 bridgehead atoms. The number of aliphatic hydroxyl groups excluding tert-OH is 1. The van der Waals surface area contributed by atoms with E-state index in [0.29, 0.717) is 0 Å². The van der Waals surface area contributed by atoms with Gasteiger partial charge in [-0.2, -0.15) is 5.26 Å². The number of nitriles is 1. The largest absolute Gasteiger partial charge is 0.383 e. The standard InChI is InChI=1S/C14H11NO/c1-10(9-15)14(16)13-8-4-6-11-5-2-3-7-12(11)13/h2-8,14,16H,1H2/t14-/m1/s1. The molecular formula is C14H11NO. The molecule has 0 unspecified atom stereocenters. The van der Waals surface area contributed by atoms with E-state index in [0.717, 1.165) is 16.3 Å². The number of benzene rings is 2. The van der Waals surface area contributed by atoms with Gasteiger partial charge >= 0.3 is 0 Å². The van der Waals surface area contributed by atoms with E-state index in [9.17, 15) is 5.11 Å². The topological polar surface area (TPSA) is 44.0 Å². The second-order valence-electron chi connectivity index (χ2n) is 3.61. The summed E-state index contributed by atoms with van der Waals surface area (Å²) in [4.78, 5) is 0. The zero-order valence-corrected chi connectivity index (χ0v) is 8.72. The third-order valence-corrected chi connectivity index (χ3v) is 2.59. The van der Waals surface area contributed by atoms with Crippen LogP contribution in [0.2, 0.25) is 0 Å². The van der Waals surface area contributed by atoms with E-state index < -0.39 is 6.10 Å². The van der Waals surface area contributed by atoms with Crippen LogP contribution in [-0.4, -0.2) is 5.11 Å². The molecule has 0 spiro atoms. The summed E-state index contributed by atoms with van der Waals surface area (Å²) in [6.07, 6.45) is -0.920. The van der Waals surface area contributed by atoms with Gasteiger partial charge in [0.15, 0.2) is 0 Å². The molecule has 0 aliphatic heterocycles. The molecule has 16 heavy (non-hydrogen) atoms. The van der Waals surface area contributed by atoms with Gasteiger partial charge in [-0.1, -0.05) is 49.0 Å². The summed E-state index contributed by atoms with van der Waals surface area (Å²) >= 11 is 0. The fourth-order valence-corrected chi connectivity index (χ4v) is 1.74. The number of hydrogen-bond acceptors (Lipinski definition) is 2. The molecule has 0 aromatic heterocycles. The summed E-state index contributed by atoms with van der Waals surface area (Å²) < 4.78 is 0. The Morgan fingerprint density at radius 2 is 1.88 bits per heavy atom. The van der Waals surface area contributed by atoms with Crippen LogP contribution >= 0.6 is 0 Å². The first-order valence-corrected chi connectivity index (χ1v) is 4.98. The van der Waals surface area contributed by atoms with Crippen molar-refractivity contribution in [2.45, 2.75) is 6.10 Å². The minimum atomic E-state index is -0.920. The smallest absolute Gasteiger partial charge is 0.114 e. The first-order valence-electron chi connectivity index (χ1n) is 4.98. The number of fused-ring (bicyclic) bond motifs is 1. The van der Waals surface area contributed by atoms with E-state index in [1.54, 1.807) is 0 Å². The van der Waals surface area contributed by atoms with Crippen molar-refractivity contribution in [3.8, 4) is 6.07 Å². The Morgan fingerprint density at radius 3 is 2.62 bits per heavy atom. The molecule has 0 aliphatic carbocycles. The van der Waals surface area contributed by atoms with E-state index in [-0.39, 0.29) is 5.57 Å². The maximum absolute atomic E-state index is 9.97. The highest BCUT2D eigenvalue weighted by molar-refractivity contribution is 5.86. The van der Waals surface area contributed by atoms with Gasteiger partial charge in [0.05, 0.1) is 11.6 Å². The van der Waals surface area contributed by atoms with E-state index in [4.69, 9.17) is 5.26 Å². The number of rotatable bonds is 2. The van der Waals surface area contributed by atoms with Crippen LogP contribution in [0.3, 0.4) is 0 Å². The summed E-state index contributed by atoms with van der Waals surface area (Å²) in [5.74, 6) is 0. The van der Waals surface area contributed by atoms with Gasteiger partial charge in [0.2, 0.25) is 0 Å². The second-order valence-corrected chi connectivity index (χ2v) is 3.61. The Bertz CT molecular complexity index is 575. The molecule has 0 saturated carbocycles. The van der Waals surface area contributed by atoms with E-state index in [2.05, 4.69) is 6.58 Å². The van der Waals surface area contributed by atoms with Gasteiger partial charge < -0.3 is 5.11 Å². The van der Waals surface area contributed by atoms with Gasteiger partial charge in [0, 0.05) is 0 Å². The van der Waals surface area contributed by atoms with Crippen LogP contribution in [0, 0.1) is 11.3 Å². The van der Waals surface area contributed by atoms with Crippen molar-refractivity contribution in [3.63, 3.8) is 0 Å². The summed E-state index contributed by atoms with van der Waals surface area (Å²) in [6, 6.07) is 15.3. The Balaban J connectivity index is 2.61. The molecule has 0 aliphatic rings. The highest BCUT2D eigenvalue weighted by Gasteiger charge is 2.13. The van der Waals surface area contributed by atoms with Gasteiger partial charge in [-0.05, 0) is 16.3 Å². The SMILES string of the molecule is C=C(C#N)[C@@H](O)c1cccc2ccccc12. The lowest BCUT2D eigenvalue weighted by atomic mass is 9.97. The normalized spacial score (nSPS) is 12.0. The lowest BCUT2D eigenvalue weighted by molar-refractivity contribution is 0.222. The summed E-state index contributed by atoms with van der Waals surface area (Å²) in [5.41, 5.74) is 0.890. The van der Waals surface area contributed by atoms with Crippen LogP contribution in [0.5, 0.6) is 0 Å². The fraction of sp³-hybridized carbons (Fsp3) is 0.0714. The lowest BCUT2D eigenvalue weighted by Crippen LogP contribution is -1.99. The molecule has 2 rings (SSSR count). The van der Waals surface area contributed by atoms with Crippen molar-refractivity contribution < 1.29 is 5.11 Å². The first-order chi connectivity index (χ1) is 7.74. The Labute approximate surface area is 94.1 Å². The van der Waals surface area contributed by atoms with Crippen molar-refractivity contribution in [1.82, 2.24) is 0 Å². The lowest BCUT2D eigenvalue weighted by Gasteiger charge is -2.11. The maximum Gasteiger partial charge on any atom is 0.114 e. The van der Waals surface area contributed by atoms with Gasteiger partial charge in [0.25, 0.3) is 0 Å². The molecule has 2 heteroatoms. The minimum Gasteiger partial charge on any atom is -0.383 e. The van der Waals surface area contributed by atoms with Crippen molar-refractivity contribution in [3.05, 3.63) is 60.2 Å². The predicted octanol–water partition coefficient (Wildman–Crippen LogP) is 2.95. The van der Waals surface area contributed by atoms with Crippen LogP contribution < -0.4 is 0 Å². The molecule has 0 saturated heterocycles. The molecule has 1 atom stereocenters. The third-order valence-electron chi connectivity index (χ3n) is 2.59. The number of nitrogens with zero attached hydrogens (tertiary/aromatic N) is 1. The van der Waals surface area contributed by atoms with Gasteiger partial charge in [0.1, 0.15) is 6.10 Å². The maximum atomic E-state index is 9.97. The quantitative estimate of drug-likeness (QED) is 0.773. The number of hydrogen-bond donors (Lipinski definition) is 1. The molecule has 0 fully saturated rings. The van der Waals surface area contributed by atoms with Crippen molar-refractivity contribution in [1.29, 1.82) is 5.26 Å². The Kier molecular flexibility index (Phi) is 2.72. The zero-order chi connectivity index (χ0) is 11.5. The van der Waals surface area contributed by atoms with Crippen LogP contribution in [0.25, 0.3) is 10.8 Å². The van der Waals surface area contributed by atoms with Crippen LogP contribution in [0.1, 0.15) is 11.7 Å². The highest BCUT2D eigenvalue weighted by atomic mass is 16.3. The number of aliphatic hydroxyl groups is 1. The fourth-order valence-electron chi connectivity index (χ4n) is 1.74. The van der Waals surface area contributed by atoms with Gasteiger partial charge in [-0.25, -0.2) is 0 Å². The molecule has 0 amide bonds. The predicted molar refractivity (Wildman–Crippen MR) is 63.7 cm³/mol. The average Bonchev–Trinajstić information content (AvgIpc) is 2.36. The summed E-state index contributed by atoms with van der Waals surface area (Å²) in [5, 5.41) is 20.7. The van der Waals surface area contributed by atoms with E-state index in [1.807, 2.05) is 48.5 Å². The van der Waals surface area contributed by atoms with Gasteiger partial charge in [-0.15, -0.1) is 0 Å². The zero-order valence-electron chi connectivity index (χ0n) is 8.72. The first kappa shape index (κ1) is 10.4. The van der Waals surface area contributed by atoms with Crippen molar-refractivity contribution in [2.75, 3.05) is 0 Å². The molecular weight excluding hydrogens is 198 g/mol. The highest BCUT2D eigenvalue weighted by Crippen LogP contribution is 2.27. The molecule has 0 heterocycles. The van der Waals surface area contributed by atoms with E-state index >= 15 is 0 Å². The molecule has 2 aromatic rings. The molecule has 2 aromatic carbocycles. The van der Waals surface area contributed by atoms with E-state index in [1.165, 1.54) is 0 Å². The van der Waals surface area contributed by atoms with Crippen LogP contribution in [0.15, 0.2) is 54.6 Å². The van der Waals surface area contributed by atoms with Crippen LogP contribution in [-0.2, 0) is 0 Å². The average molecular weight is 209 g/mol. The van der Waals surface area contributed by atoms with Gasteiger partial charge in [-0.3, -0.25) is 0 Å². The monoisotopic (exact) mass is 209 g/mol. The third kappa shape index (κ3) is 1.69. The summed E-state index contributed by atoms with van der Waals surface area (Å²) in [6.45, 7) is 3.55. The molecule has 78 valence electrons. The molecule has 0 radical (unpaired) electrons. The Hall–Kier alpha value is -2.11.